The van der Waals surface area contributed by atoms with Gasteiger partial charge in [0.05, 0.1) is 16.0 Å². The Bertz CT molecular complexity index is 1020. The van der Waals surface area contributed by atoms with Gasteiger partial charge in [0.25, 0.3) is 11.6 Å². The number of halogens is 1. The van der Waals surface area contributed by atoms with E-state index in [2.05, 4.69) is 10.5 Å². The number of rotatable bonds is 4. The third kappa shape index (κ3) is 3.76. The number of hydrogen-bond donors (Lipinski definition) is 2. The minimum atomic E-state index is -0.487. The molecule has 25 heavy (non-hydrogen) atoms. The Balaban J connectivity index is 1.77. The number of amides is 1. The van der Waals surface area contributed by atoms with Gasteiger partial charge >= 0.3 is 0 Å². The molecular formula is C16H10ClN3O4S. The monoisotopic (exact) mass is 375 g/mol. The van der Waals surface area contributed by atoms with Gasteiger partial charge in [-0.15, -0.1) is 11.3 Å². The van der Waals surface area contributed by atoms with E-state index in [4.69, 9.17) is 11.6 Å². The summed E-state index contributed by atoms with van der Waals surface area (Å²) in [5.41, 5.74) is 2.67. The Morgan fingerprint density at radius 3 is 2.84 bits per heavy atom. The number of benzene rings is 2. The molecule has 1 heterocycles. The maximum atomic E-state index is 12.1. The van der Waals surface area contributed by atoms with Crippen molar-refractivity contribution < 1.29 is 14.8 Å². The molecule has 7 nitrogen and oxygen atoms in total. The SMILES string of the molecule is O=C(N/N=C\c1cc(Cl)ccc1O)c1cc2cc([N+](=O)[O-])ccc2s1. The van der Waals surface area contributed by atoms with Crippen LogP contribution in [0, 0.1) is 10.1 Å². The highest BCUT2D eigenvalue weighted by Gasteiger charge is 2.13. The average Bonchev–Trinajstić information content (AvgIpc) is 3.01. The minimum Gasteiger partial charge on any atom is -0.507 e. The second-order valence-electron chi connectivity index (χ2n) is 4.99. The molecule has 0 spiro atoms. The van der Waals surface area contributed by atoms with E-state index in [9.17, 15) is 20.0 Å². The molecule has 126 valence electrons. The molecule has 2 N–H and O–H groups in total. The first-order valence-electron chi connectivity index (χ1n) is 6.94. The van der Waals surface area contributed by atoms with Crippen LogP contribution in [0.1, 0.15) is 15.2 Å². The Labute approximate surface area is 150 Å². The lowest BCUT2D eigenvalue weighted by Crippen LogP contribution is -2.16. The minimum absolute atomic E-state index is 0.0171. The highest BCUT2D eigenvalue weighted by atomic mass is 35.5. The van der Waals surface area contributed by atoms with Gasteiger partial charge in [-0.25, -0.2) is 5.43 Å². The van der Waals surface area contributed by atoms with Crippen LogP contribution in [0.4, 0.5) is 5.69 Å². The van der Waals surface area contributed by atoms with Crippen molar-refractivity contribution in [2.75, 3.05) is 0 Å². The smallest absolute Gasteiger partial charge is 0.281 e. The standard InChI is InChI=1S/C16H10ClN3O4S/c17-11-1-3-13(21)10(5-11)8-18-19-16(22)15-7-9-6-12(20(23)24)2-4-14(9)25-15/h1-8,21H,(H,19,22)/b18-8-. The van der Waals surface area contributed by atoms with E-state index < -0.39 is 10.8 Å². The molecule has 0 saturated carbocycles. The molecule has 0 fully saturated rings. The maximum Gasteiger partial charge on any atom is 0.281 e. The van der Waals surface area contributed by atoms with Crippen molar-refractivity contribution >= 4 is 50.8 Å². The zero-order chi connectivity index (χ0) is 18.0. The van der Waals surface area contributed by atoms with Gasteiger partial charge in [-0.1, -0.05) is 11.6 Å². The van der Waals surface area contributed by atoms with Crippen molar-refractivity contribution in [2.24, 2.45) is 5.10 Å². The number of aromatic hydroxyl groups is 1. The summed E-state index contributed by atoms with van der Waals surface area (Å²) in [6.07, 6.45) is 1.28. The van der Waals surface area contributed by atoms with Crippen molar-refractivity contribution in [3.8, 4) is 5.75 Å². The molecule has 0 radical (unpaired) electrons. The van der Waals surface area contributed by atoms with Crippen LogP contribution in [0.5, 0.6) is 5.75 Å². The molecule has 0 aliphatic rings. The van der Waals surface area contributed by atoms with E-state index >= 15 is 0 Å². The van der Waals surface area contributed by atoms with E-state index in [1.807, 2.05) is 0 Å². The van der Waals surface area contributed by atoms with Gasteiger partial charge in [0.2, 0.25) is 0 Å². The van der Waals surface area contributed by atoms with E-state index in [1.165, 1.54) is 47.9 Å². The summed E-state index contributed by atoms with van der Waals surface area (Å²) < 4.78 is 0.757. The van der Waals surface area contributed by atoms with Crippen molar-refractivity contribution in [2.45, 2.75) is 0 Å². The zero-order valence-corrected chi connectivity index (χ0v) is 14.0. The van der Waals surface area contributed by atoms with Gasteiger partial charge in [-0.3, -0.25) is 14.9 Å². The first-order valence-corrected chi connectivity index (χ1v) is 8.13. The number of nitro groups is 1. The van der Waals surface area contributed by atoms with Gasteiger partial charge in [-0.05, 0) is 30.3 Å². The van der Waals surface area contributed by atoms with Crippen LogP contribution in [0.25, 0.3) is 10.1 Å². The number of hydrazone groups is 1. The third-order valence-corrected chi connectivity index (χ3v) is 4.64. The number of fused-ring (bicyclic) bond motifs is 1. The van der Waals surface area contributed by atoms with Crippen LogP contribution < -0.4 is 5.43 Å². The summed E-state index contributed by atoms with van der Waals surface area (Å²) in [6, 6.07) is 10.4. The fourth-order valence-electron chi connectivity index (χ4n) is 2.10. The fourth-order valence-corrected chi connectivity index (χ4v) is 3.21. The van der Waals surface area contributed by atoms with Crippen LogP contribution in [0.2, 0.25) is 5.02 Å². The number of carbonyl (C=O) groups is 1. The Hall–Kier alpha value is -2.97. The molecule has 0 atom stereocenters. The lowest BCUT2D eigenvalue weighted by atomic mass is 10.2. The largest absolute Gasteiger partial charge is 0.507 e. The van der Waals surface area contributed by atoms with Crippen molar-refractivity contribution in [1.29, 1.82) is 0 Å². The molecule has 0 saturated heterocycles. The van der Waals surface area contributed by atoms with E-state index in [-0.39, 0.29) is 11.4 Å². The van der Waals surface area contributed by atoms with Crippen LogP contribution in [-0.4, -0.2) is 22.2 Å². The highest BCUT2D eigenvalue weighted by Crippen LogP contribution is 2.28. The number of nitro benzene ring substituents is 1. The number of hydrogen-bond acceptors (Lipinski definition) is 6. The molecule has 0 aliphatic heterocycles. The first kappa shape index (κ1) is 16.9. The Morgan fingerprint density at radius 2 is 2.08 bits per heavy atom. The topological polar surface area (TPSA) is 105 Å². The first-order chi connectivity index (χ1) is 11.9. The predicted molar refractivity (Wildman–Crippen MR) is 96.7 cm³/mol. The fraction of sp³-hybridized carbons (Fsp3) is 0. The molecule has 2 aromatic carbocycles. The van der Waals surface area contributed by atoms with Gasteiger partial charge in [0.1, 0.15) is 5.75 Å². The molecule has 0 aliphatic carbocycles. The second-order valence-corrected chi connectivity index (χ2v) is 6.51. The Morgan fingerprint density at radius 1 is 1.28 bits per heavy atom. The van der Waals surface area contributed by atoms with Gasteiger partial charge in [-0.2, -0.15) is 5.10 Å². The molecule has 9 heteroatoms. The van der Waals surface area contributed by atoms with Gasteiger partial charge < -0.3 is 5.11 Å². The summed E-state index contributed by atoms with van der Waals surface area (Å²) in [5, 5.41) is 25.3. The van der Waals surface area contributed by atoms with Crippen LogP contribution in [-0.2, 0) is 0 Å². The summed E-state index contributed by atoms with van der Waals surface area (Å²) in [7, 11) is 0. The van der Waals surface area contributed by atoms with Crippen molar-refractivity contribution in [1.82, 2.24) is 5.43 Å². The number of non-ortho nitro benzene ring substituents is 1. The van der Waals surface area contributed by atoms with E-state index in [1.54, 1.807) is 12.1 Å². The summed E-state index contributed by atoms with van der Waals surface area (Å²) >= 11 is 7.03. The quantitative estimate of drug-likeness (QED) is 0.409. The summed E-state index contributed by atoms with van der Waals surface area (Å²) in [6.45, 7) is 0. The average molecular weight is 376 g/mol. The van der Waals surface area contributed by atoms with Crippen molar-refractivity contribution in [3.05, 3.63) is 68.0 Å². The number of phenols is 1. The van der Waals surface area contributed by atoms with Gasteiger partial charge in [0, 0.05) is 32.8 Å². The molecule has 3 rings (SSSR count). The Kier molecular flexibility index (Phi) is 4.64. The molecule has 0 unspecified atom stereocenters. The number of nitrogens with zero attached hydrogens (tertiary/aromatic N) is 2. The van der Waals surface area contributed by atoms with Crippen LogP contribution >= 0.6 is 22.9 Å². The summed E-state index contributed by atoms with van der Waals surface area (Å²) in [4.78, 5) is 22.8. The molecule has 1 amide bonds. The molecule has 3 aromatic rings. The number of nitrogens with one attached hydrogen (secondary N) is 1. The van der Waals surface area contributed by atoms with Gasteiger partial charge in [0.15, 0.2) is 0 Å². The van der Waals surface area contributed by atoms with Crippen LogP contribution in [0.3, 0.4) is 0 Å². The number of thiophene rings is 1. The van der Waals surface area contributed by atoms with Crippen molar-refractivity contribution in [3.63, 3.8) is 0 Å². The van der Waals surface area contributed by atoms with Crippen LogP contribution in [0.15, 0.2) is 47.6 Å². The molecular weight excluding hydrogens is 366 g/mol. The maximum absolute atomic E-state index is 12.1. The number of phenolic OH excluding ortho intramolecular Hbond substituents is 1. The lowest BCUT2D eigenvalue weighted by Gasteiger charge is -1.99. The predicted octanol–water partition coefficient (Wildman–Crippen LogP) is 3.93. The second kappa shape index (κ2) is 6.88. The zero-order valence-electron chi connectivity index (χ0n) is 12.5. The third-order valence-electron chi connectivity index (χ3n) is 3.29. The number of carbonyl (C=O) groups excluding carboxylic acids is 1. The normalized spacial score (nSPS) is 11.1. The lowest BCUT2D eigenvalue weighted by molar-refractivity contribution is -0.384. The summed E-state index contributed by atoms with van der Waals surface area (Å²) in [5.74, 6) is -0.474. The molecule has 0 bridgehead atoms. The van der Waals surface area contributed by atoms with E-state index in [0.717, 1.165) is 4.70 Å². The molecule has 1 aromatic heterocycles. The highest BCUT2D eigenvalue weighted by molar-refractivity contribution is 7.20. The van der Waals surface area contributed by atoms with E-state index in [0.29, 0.717) is 20.8 Å².